The number of hydrogen-bond donors (Lipinski definition) is 1. The minimum absolute atomic E-state index is 0.0873. The van der Waals surface area contributed by atoms with Gasteiger partial charge in [0.25, 0.3) is 0 Å². The van der Waals surface area contributed by atoms with Gasteiger partial charge in [-0.1, -0.05) is 12.1 Å². The largest absolute Gasteiger partial charge is 0.416 e. The van der Waals surface area contributed by atoms with Crippen LogP contribution in [-0.2, 0) is 15.7 Å². The molecule has 6 heteroatoms. The highest BCUT2D eigenvalue weighted by molar-refractivity contribution is 5.26. The lowest BCUT2D eigenvalue weighted by atomic mass is 10.1. The molecule has 21 heavy (non-hydrogen) atoms. The maximum absolute atomic E-state index is 12.5. The summed E-state index contributed by atoms with van der Waals surface area (Å²) in [6, 6.07) is 5.07. The summed E-state index contributed by atoms with van der Waals surface area (Å²) in [5, 5.41) is 3.20. The van der Waals surface area contributed by atoms with Crippen molar-refractivity contribution in [3.63, 3.8) is 0 Å². The van der Waals surface area contributed by atoms with Crippen molar-refractivity contribution in [1.82, 2.24) is 5.32 Å². The summed E-state index contributed by atoms with van der Waals surface area (Å²) in [5.74, 6) is 0. The van der Waals surface area contributed by atoms with Crippen molar-refractivity contribution in [1.29, 1.82) is 0 Å². The number of benzene rings is 1. The molecular weight excluding hydrogens is 283 g/mol. The molecule has 0 saturated carbocycles. The van der Waals surface area contributed by atoms with Crippen LogP contribution in [-0.4, -0.2) is 26.0 Å². The molecule has 0 aromatic heterocycles. The summed E-state index contributed by atoms with van der Waals surface area (Å²) in [5.41, 5.74) is 0.148. The van der Waals surface area contributed by atoms with Crippen LogP contribution >= 0.6 is 0 Å². The highest BCUT2D eigenvalue weighted by atomic mass is 19.4. The first-order chi connectivity index (χ1) is 9.88. The first-order valence-electron chi connectivity index (χ1n) is 7.02. The van der Waals surface area contributed by atoms with Crippen molar-refractivity contribution < 1.29 is 22.6 Å². The van der Waals surface area contributed by atoms with Crippen molar-refractivity contribution in [2.24, 2.45) is 0 Å². The topological polar surface area (TPSA) is 30.5 Å². The van der Waals surface area contributed by atoms with Gasteiger partial charge in [-0.3, -0.25) is 0 Å². The van der Waals surface area contributed by atoms with Crippen molar-refractivity contribution in [3.8, 4) is 0 Å². The highest BCUT2D eigenvalue weighted by Gasteiger charge is 2.30. The van der Waals surface area contributed by atoms with Crippen molar-refractivity contribution in [3.05, 3.63) is 35.4 Å². The molecule has 0 fully saturated rings. The Morgan fingerprint density at radius 3 is 2.00 bits per heavy atom. The number of nitrogens with one attached hydrogen (secondary N) is 1. The molecule has 0 spiro atoms. The van der Waals surface area contributed by atoms with Gasteiger partial charge in [0.05, 0.1) is 5.56 Å². The minimum Gasteiger partial charge on any atom is -0.352 e. The Hall–Kier alpha value is -1.11. The summed E-state index contributed by atoms with van der Waals surface area (Å²) < 4.78 is 48.3. The summed E-state index contributed by atoms with van der Waals surface area (Å²) in [6.45, 7) is 7.21. The fraction of sp³-hybridized carbons (Fsp3) is 0.600. The monoisotopic (exact) mass is 305 g/mol. The van der Waals surface area contributed by atoms with Crippen LogP contribution in [0.5, 0.6) is 0 Å². The van der Waals surface area contributed by atoms with Crippen molar-refractivity contribution in [2.45, 2.75) is 39.3 Å². The molecule has 0 aliphatic heterocycles. The van der Waals surface area contributed by atoms with Gasteiger partial charge in [-0.25, -0.2) is 0 Å². The Morgan fingerprint density at radius 1 is 1.05 bits per heavy atom. The molecule has 1 atom stereocenters. The first kappa shape index (κ1) is 17.9. The number of ether oxygens (including phenoxy) is 2. The normalized spacial score (nSPS) is 13.7. The predicted octanol–water partition coefficient (Wildman–Crippen LogP) is 3.76. The molecule has 0 bridgehead atoms. The fourth-order valence-electron chi connectivity index (χ4n) is 1.89. The molecule has 1 aromatic rings. The fourth-order valence-corrected chi connectivity index (χ4v) is 1.89. The van der Waals surface area contributed by atoms with E-state index in [0.717, 1.165) is 17.7 Å². The lowest BCUT2D eigenvalue weighted by Gasteiger charge is -2.21. The van der Waals surface area contributed by atoms with Crippen LogP contribution in [0, 0.1) is 0 Å². The van der Waals surface area contributed by atoms with Crippen LogP contribution in [0.3, 0.4) is 0 Å². The van der Waals surface area contributed by atoms with Crippen LogP contribution in [0.25, 0.3) is 0 Å². The molecule has 1 aromatic carbocycles. The summed E-state index contributed by atoms with van der Waals surface area (Å²) in [6.07, 6.45) is -4.65. The second-order valence-electron chi connectivity index (χ2n) is 4.59. The molecule has 1 rings (SSSR count). The molecule has 0 saturated heterocycles. The van der Waals surface area contributed by atoms with Gasteiger partial charge in [0.15, 0.2) is 6.29 Å². The highest BCUT2D eigenvalue weighted by Crippen LogP contribution is 2.29. The summed E-state index contributed by atoms with van der Waals surface area (Å²) >= 11 is 0. The van der Waals surface area contributed by atoms with E-state index >= 15 is 0 Å². The van der Waals surface area contributed by atoms with Crippen LogP contribution < -0.4 is 5.32 Å². The number of alkyl halides is 3. The Labute approximate surface area is 123 Å². The molecule has 0 aliphatic rings. The van der Waals surface area contributed by atoms with Gasteiger partial charge in [-0.15, -0.1) is 0 Å². The molecule has 120 valence electrons. The third-order valence-corrected chi connectivity index (χ3v) is 3.03. The lowest BCUT2D eigenvalue weighted by molar-refractivity contribution is -0.137. The first-order valence-corrected chi connectivity index (χ1v) is 7.02. The number of halogens is 3. The van der Waals surface area contributed by atoms with E-state index in [1.165, 1.54) is 12.1 Å². The van der Waals surface area contributed by atoms with Crippen molar-refractivity contribution >= 4 is 0 Å². The average Bonchev–Trinajstić information content (AvgIpc) is 2.44. The SMILES string of the molecule is CCOC(CNC(C)c1ccc(C(F)(F)F)cc1)OCC. The van der Waals surface area contributed by atoms with E-state index in [-0.39, 0.29) is 12.3 Å². The lowest BCUT2D eigenvalue weighted by Crippen LogP contribution is -2.33. The van der Waals surface area contributed by atoms with Gasteiger partial charge in [0.1, 0.15) is 0 Å². The second kappa shape index (κ2) is 8.36. The van der Waals surface area contributed by atoms with E-state index in [4.69, 9.17) is 9.47 Å². The average molecular weight is 305 g/mol. The number of hydrogen-bond acceptors (Lipinski definition) is 3. The maximum Gasteiger partial charge on any atom is 0.416 e. The predicted molar refractivity (Wildman–Crippen MR) is 74.9 cm³/mol. The summed E-state index contributed by atoms with van der Waals surface area (Å²) in [4.78, 5) is 0. The van der Waals surface area contributed by atoms with E-state index < -0.39 is 11.7 Å². The summed E-state index contributed by atoms with van der Waals surface area (Å²) in [7, 11) is 0. The smallest absolute Gasteiger partial charge is 0.352 e. The standard InChI is InChI=1S/C15H22F3NO2/c1-4-20-14(21-5-2)10-19-11(3)12-6-8-13(9-7-12)15(16,17)18/h6-9,11,14,19H,4-5,10H2,1-3H3. The zero-order valence-electron chi connectivity index (χ0n) is 12.5. The van der Waals surface area contributed by atoms with E-state index in [9.17, 15) is 13.2 Å². The van der Waals surface area contributed by atoms with Gasteiger partial charge in [-0.2, -0.15) is 13.2 Å². The number of rotatable bonds is 8. The van der Waals surface area contributed by atoms with E-state index in [1.807, 2.05) is 20.8 Å². The molecule has 0 heterocycles. The van der Waals surface area contributed by atoms with Crippen LogP contribution in [0.15, 0.2) is 24.3 Å². The molecule has 0 amide bonds. The van der Waals surface area contributed by atoms with Gasteiger partial charge >= 0.3 is 6.18 Å². The van der Waals surface area contributed by atoms with E-state index in [1.54, 1.807) is 0 Å². The van der Waals surface area contributed by atoms with Gasteiger partial charge < -0.3 is 14.8 Å². The molecular formula is C15H22F3NO2. The van der Waals surface area contributed by atoms with Crippen molar-refractivity contribution in [2.75, 3.05) is 19.8 Å². The van der Waals surface area contributed by atoms with Gasteiger partial charge in [-0.05, 0) is 38.5 Å². The Balaban J connectivity index is 2.56. The second-order valence-corrected chi connectivity index (χ2v) is 4.59. The van der Waals surface area contributed by atoms with E-state index in [0.29, 0.717) is 19.8 Å². The Bertz CT molecular complexity index is 400. The quantitative estimate of drug-likeness (QED) is 0.742. The van der Waals surface area contributed by atoms with Gasteiger partial charge in [0, 0.05) is 25.8 Å². The van der Waals surface area contributed by atoms with Crippen LogP contribution in [0.4, 0.5) is 13.2 Å². The van der Waals surface area contributed by atoms with Crippen LogP contribution in [0.2, 0.25) is 0 Å². The van der Waals surface area contributed by atoms with E-state index in [2.05, 4.69) is 5.32 Å². The molecule has 1 N–H and O–H groups in total. The molecule has 3 nitrogen and oxygen atoms in total. The van der Waals surface area contributed by atoms with Crippen LogP contribution in [0.1, 0.15) is 37.9 Å². The molecule has 1 unspecified atom stereocenters. The molecule has 0 aliphatic carbocycles. The third-order valence-electron chi connectivity index (χ3n) is 3.03. The minimum atomic E-state index is -4.30. The maximum atomic E-state index is 12.5. The van der Waals surface area contributed by atoms with Gasteiger partial charge in [0.2, 0.25) is 0 Å². The zero-order valence-corrected chi connectivity index (χ0v) is 12.5. The third kappa shape index (κ3) is 6.03. The Morgan fingerprint density at radius 2 is 1.57 bits per heavy atom. The Kier molecular flexibility index (Phi) is 7.14. The zero-order chi connectivity index (χ0) is 15.9. The molecule has 0 radical (unpaired) electrons.